The van der Waals surface area contributed by atoms with E-state index in [1.54, 1.807) is 0 Å². The maximum absolute atomic E-state index is 5.30. The van der Waals surface area contributed by atoms with E-state index in [9.17, 15) is 0 Å². The summed E-state index contributed by atoms with van der Waals surface area (Å²) in [4.78, 5) is 5.30. The summed E-state index contributed by atoms with van der Waals surface area (Å²) in [7, 11) is -1.71. The molecule has 3 aliphatic carbocycles. The molecular formula is C22H35NSiTi. The van der Waals surface area contributed by atoms with Crippen molar-refractivity contribution in [2.45, 2.75) is 44.9 Å². The van der Waals surface area contributed by atoms with Gasteiger partial charge in [0.15, 0.2) is 0 Å². The largest absolute Gasteiger partial charge is 4.00 e. The quantitative estimate of drug-likeness (QED) is 0.361. The predicted octanol–water partition coefficient (Wildman–Crippen LogP) is 6.88. The molecule has 1 nitrogen and oxygen atoms in total. The van der Waals surface area contributed by atoms with Crippen LogP contribution in [0.5, 0.6) is 0 Å². The van der Waals surface area contributed by atoms with Crippen LogP contribution in [0, 0.1) is 34.1 Å². The minimum atomic E-state index is -1.71. The minimum Gasteiger partial charge on any atom is -0.660 e. The Kier molecular flexibility index (Phi) is 10.2. The summed E-state index contributed by atoms with van der Waals surface area (Å²) in [6.07, 6.45) is 18.2. The summed E-state index contributed by atoms with van der Waals surface area (Å²) >= 11 is 0. The van der Waals surface area contributed by atoms with Crippen LogP contribution < -0.4 is 0 Å². The van der Waals surface area contributed by atoms with Crippen molar-refractivity contribution in [3.05, 3.63) is 87.0 Å². The number of rotatable bonds is 2. The first kappa shape index (κ1) is 26.8. The Labute approximate surface area is 173 Å². The van der Waals surface area contributed by atoms with Crippen molar-refractivity contribution < 1.29 is 21.7 Å². The zero-order valence-corrected chi connectivity index (χ0v) is 19.9. The fourth-order valence-corrected chi connectivity index (χ4v) is 8.58. The van der Waals surface area contributed by atoms with Crippen LogP contribution in [0.3, 0.4) is 0 Å². The average molecular weight is 389 g/mol. The fraction of sp³-hybridized carbons (Fsp3) is 0.409. The van der Waals surface area contributed by atoms with Crippen LogP contribution in [0.4, 0.5) is 0 Å². The molecule has 0 fully saturated rings. The van der Waals surface area contributed by atoms with Gasteiger partial charge in [-0.05, 0) is 16.7 Å². The van der Waals surface area contributed by atoms with Gasteiger partial charge in [-0.25, -0.2) is 0 Å². The molecule has 0 saturated heterocycles. The van der Waals surface area contributed by atoms with Crippen molar-refractivity contribution in [1.29, 1.82) is 0 Å². The first-order valence-electron chi connectivity index (χ1n) is 7.97. The number of hydrogen-bond donors (Lipinski definition) is 0. The third-order valence-corrected chi connectivity index (χ3v) is 8.27. The first-order chi connectivity index (χ1) is 9.80. The Bertz CT molecular complexity index is 550. The maximum atomic E-state index is 5.30. The van der Waals surface area contributed by atoms with Gasteiger partial charge in [0.05, 0.1) is 0 Å². The summed E-state index contributed by atoms with van der Waals surface area (Å²) in [6, 6.07) is 0. The van der Waals surface area contributed by atoms with E-state index in [1.165, 1.54) is 11.1 Å². The fourth-order valence-electron chi connectivity index (χ4n) is 4.36. The Morgan fingerprint density at radius 1 is 0.800 bits per heavy atom. The summed E-state index contributed by atoms with van der Waals surface area (Å²) in [5, 5.41) is 0. The Morgan fingerprint density at radius 3 is 1.56 bits per heavy atom. The van der Waals surface area contributed by atoms with E-state index >= 15 is 0 Å². The third-order valence-electron chi connectivity index (χ3n) is 4.68. The summed E-state index contributed by atoms with van der Waals surface area (Å²) < 4.78 is 0. The molecule has 0 aliphatic heterocycles. The molecule has 0 N–H and O–H groups in total. The van der Waals surface area contributed by atoms with Crippen molar-refractivity contribution in [2.24, 2.45) is 11.8 Å². The molecule has 0 aromatic heterocycles. The molecule has 0 amide bonds. The molecule has 3 rings (SSSR count). The molecule has 0 bridgehead atoms. The Morgan fingerprint density at radius 2 is 1.20 bits per heavy atom. The van der Waals surface area contributed by atoms with Crippen LogP contribution in [-0.4, -0.2) is 13.8 Å². The standard InChI is InChI=1S/C19H26NSi.3CH3.Ti/c1-19(2,3)20-21(4,5)18-16-12-8-6-10-14(16)15-11-7-9-13-17(15)18;;;;/h6-13,16-18H,1-5H3;3*1H3;/q4*-1;+4. The molecule has 0 radical (unpaired) electrons. The van der Waals surface area contributed by atoms with Gasteiger partial charge in [0.2, 0.25) is 0 Å². The average Bonchev–Trinajstić information content (AvgIpc) is 2.71. The summed E-state index contributed by atoms with van der Waals surface area (Å²) in [6.45, 7) is 11.6. The molecule has 2 atom stereocenters. The minimum absolute atomic E-state index is 0. The second-order valence-corrected chi connectivity index (χ2v) is 12.1. The van der Waals surface area contributed by atoms with E-state index in [0.29, 0.717) is 17.4 Å². The van der Waals surface area contributed by atoms with Crippen molar-refractivity contribution in [2.75, 3.05) is 0 Å². The van der Waals surface area contributed by atoms with E-state index in [1.807, 2.05) is 0 Å². The molecule has 136 valence electrons. The van der Waals surface area contributed by atoms with Crippen LogP contribution in [0.15, 0.2) is 59.8 Å². The summed E-state index contributed by atoms with van der Waals surface area (Å²) in [5.41, 5.74) is 3.75. The number of hydrogen-bond acceptors (Lipinski definition) is 0. The predicted molar refractivity (Wildman–Crippen MR) is 114 cm³/mol. The zero-order chi connectivity index (χ0) is 15.3. The van der Waals surface area contributed by atoms with Crippen LogP contribution in [0.2, 0.25) is 18.6 Å². The second kappa shape index (κ2) is 9.50. The van der Waals surface area contributed by atoms with Crippen molar-refractivity contribution in [3.63, 3.8) is 0 Å². The second-order valence-electron chi connectivity index (χ2n) is 7.91. The van der Waals surface area contributed by atoms with Crippen LogP contribution in [-0.2, 0) is 21.7 Å². The van der Waals surface area contributed by atoms with E-state index < -0.39 is 8.24 Å². The van der Waals surface area contributed by atoms with E-state index in [0.717, 1.165) is 0 Å². The van der Waals surface area contributed by atoms with E-state index in [-0.39, 0.29) is 49.5 Å². The maximum Gasteiger partial charge on any atom is 4.00 e. The van der Waals surface area contributed by atoms with Gasteiger partial charge in [0.1, 0.15) is 0 Å². The molecule has 0 heterocycles. The molecule has 3 aliphatic rings. The van der Waals surface area contributed by atoms with Crippen LogP contribution in [0.1, 0.15) is 20.8 Å². The van der Waals surface area contributed by atoms with Gasteiger partial charge < -0.3 is 27.3 Å². The Hall–Kier alpha value is -0.409. The van der Waals surface area contributed by atoms with Crippen LogP contribution >= 0.6 is 0 Å². The van der Waals surface area contributed by atoms with Crippen molar-refractivity contribution in [1.82, 2.24) is 0 Å². The molecule has 0 spiro atoms. The van der Waals surface area contributed by atoms with Gasteiger partial charge in [-0.3, -0.25) is 0 Å². The molecular weight excluding hydrogens is 354 g/mol. The van der Waals surface area contributed by atoms with Gasteiger partial charge in [0.25, 0.3) is 0 Å². The Balaban J connectivity index is 0. The van der Waals surface area contributed by atoms with E-state index in [2.05, 4.69) is 82.5 Å². The van der Waals surface area contributed by atoms with Gasteiger partial charge in [0, 0.05) is 11.8 Å². The monoisotopic (exact) mass is 389 g/mol. The number of nitrogens with zero attached hydrogens (tertiary/aromatic N) is 1. The van der Waals surface area contributed by atoms with Gasteiger partial charge in [-0.2, -0.15) is 0 Å². The normalized spacial score (nSPS) is 25.9. The molecule has 2 unspecified atom stereocenters. The molecule has 3 heteroatoms. The SMILES string of the molecule is CC(C)(C)[N-][Si](C)(C)C1C2C=CC=CC2=C2C=CC=CC21.[CH3-].[CH3-].[CH3-].[Ti+4]. The van der Waals surface area contributed by atoms with Crippen molar-refractivity contribution >= 4 is 8.24 Å². The van der Waals surface area contributed by atoms with Gasteiger partial charge in [-0.15, -0.1) is 5.54 Å². The van der Waals surface area contributed by atoms with Gasteiger partial charge in [-0.1, -0.05) is 90.7 Å². The molecule has 0 saturated carbocycles. The number of allylic oxidation sites excluding steroid dienone is 10. The molecule has 0 aromatic rings. The van der Waals surface area contributed by atoms with Gasteiger partial charge >= 0.3 is 21.7 Å². The number of fused-ring (bicyclic) bond motifs is 2. The van der Waals surface area contributed by atoms with E-state index in [4.69, 9.17) is 4.98 Å². The van der Waals surface area contributed by atoms with Crippen LogP contribution in [0.25, 0.3) is 4.98 Å². The smallest absolute Gasteiger partial charge is 0.660 e. The molecule has 25 heavy (non-hydrogen) atoms. The third kappa shape index (κ3) is 5.29. The first-order valence-corrected chi connectivity index (χ1v) is 11.0. The summed E-state index contributed by atoms with van der Waals surface area (Å²) in [5.74, 6) is 1.10. The molecule has 0 aromatic carbocycles. The zero-order valence-electron chi connectivity index (χ0n) is 17.3. The van der Waals surface area contributed by atoms with Crippen molar-refractivity contribution in [3.8, 4) is 0 Å². The topological polar surface area (TPSA) is 14.1 Å².